The molecule has 1 atom stereocenters. The van der Waals surface area contributed by atoms with E-state index in [-0.39, 0.29) is 16.7 Å². The highest BCUT2D eigenvalue weighted by atomic mass is 16.1. The molecule has 0 aromatic carbocycles. The molecule has 5 heteroatoms. The van der Waals surface area contributed by atoms with Gasteiger partial charge in [0.1, 0.15) is 18.1 Å². The lowest BCUT2D eigenvalue weighted by Gasteiger charge is -2.11. The molecule has 0 radical (unpaired) electrons. The zero-order chi connectivity index (χ0) is 11.4. The Labute approximate surface area is 85.4 Å². The Bertz CT molecular complexity index is 554. The van der Waals surface area contributed by atoms with Crippen LogP contribution in [0.5, 0.6) is 0 Å². The Morgan fingerprint density at radius 2 is 1.73 bits per heavy atom. The van der Waals surface area contributed by atoms with Gasteiger partial charge in [0, 0.05) is 0 Å². The van der Waals surface area contributed by atoms with Crippen molar-refractivity contribution in [2.45, 2.75) is 0 Å². The van der Waals surface area contributed by atoms with Gasteiger partial charge in [-0.1, -0.05) is 0 Å². The molecule has 0 bridgehead atoms. The molecular weight excluding hydrogens is 192 g/mol. The average Bonchev–Trinajstić information content (AvgIpc) is 2.28. The lowest BCUT2D eigenvalue weighted by Crippen LogP contribution is -2.21. The molecule has 0 heterocycles. The summed E-state index contributed by atoms with van der Waals surface area (Å²) < 4.78 is 0. The van der Waals surface area contributed by atoms with Gasteiger partial charge >= 0.3 is 0 Å². The summed E-state index contributed by atoms with van der Waals surface area (Å²) >= 11 is 0. The van der Waals surface area contributed by atoms with E-state index in [4.69, 9.17) is 21.0 Å². The molecule has 0 saturated carbocycles. The first-order chi connectivity index (χ1) is 7.19. The van der Waals surface area contributed by atoms with Gasteiger partial charge in [-0.2, -0.15) is 21.0 Å². The van der Waals surface area contributed by atoms with Crippen LogP contribution in [0.4, 0.5) is 0 Å². The number of hydrogen-bond acceptors (Lipinski definition) is 5. The van der Waals surface area contributed by atoms with E-state index in [0.29, 0.717) is 0 Å². The minimum absolute atomic E-state index is 0.0970. The maximum absolute atomic E-state index is 11.4. The molecule has 0 fully saturated rings. The number of ketones is 1. The zero-order valence-electron chi connectivity index (χ0n) is 7.35. The first-order valence-corrected chi connectivity index (χ1v) is 3.79. The van der Waals surface area contributed by atoms with Gasteiger partial charge in [-0.3, -0.25) is 4.79 Å². The van der Waals surface area contributed by atoms with Crippen molar-refractivity contribution in [2.75, 3.05) is 0 Å². The second-order valence-corrected chi connectivity index (χ2v) is 2.65. The second-order valence-electron chi connectivity index (χ2n) is 2.65. The summed E-state index contributed by atoms with van der Waals surface area (Å²) in [7, 11) is 0. The fourth-order valence-corrected chi connectivity index (χ4v) is 1.16. The molecule has 1 aliphatic rings. The number of rotatable bonds is 0. The molecule has 0 spiro atoms. The fourth-order valence-electron chi connectivity index (χ4n) is 1.16. The maximum Gasteiger partial charge on any atom is 0.195 e. The molecule has 0 saturated heterocycles. The summed E-state index contributed by atoms with van der Waals surface area (Å²) in [5, 5.41) is 34.6. The molecule has 0 aliphatic heterocycles. The molecule has 68 valence electrons. The number of carbonyl (C=O) groups excluding carboxylic acids is 1. The SMILES string of the molecule is N#CC1=CC(C#N)=C(C#N)C(C#N)C1=O. The highest BCUT2D eigenvalue weighted by molar-refractivity contribution is 6.06. The molecule has 5 nitrogen and oxygen atoms in total. The van der Waals surface area contributed by atoms with Crippen LogP contribution in [0.3, 0.4) is 0 Å². The summed E-state index contributed by atoms with van der Waals surface area (Å²) in [4.78, 5) is 11.4. The summed E-state index contributed by atoms with van der Waals surface area (Å²) in [5.74, 6) is -2.06. The van der Waals surface area contributed by atoms with Gasteiger partial charge in [0.25, 0.3) is 0 Å². The Balaban J connectivity index is 3.50. The van der Waals surface area contributed by atoms with Crippen molar-refractivity contribution in [2.24, 2.45) is 5.92 Å². The van der Waals surface area contributed by atoms with E-state index in [1.807, 2.05) is 0 Å². The average molecular weight is 194 g/mol. The van der Waals surface area contributed by atoms with Gasteiger partial charge in [0.2, 0.25) is 0 Å². The van der Waals surface area contributed by atoms with Crippen molar-refractivity contribution in [1.82, 2.24) is 0 Å². The van der Waals surface area contributed by atoms with E-state index < -0.39 is 11.7 Å². The third-order valence-electron chi connectivity index (χ3n) is 1.89. The smallest absolute Gasteiger partial charge is 0.195 e. The monoisotopic (exact) mass is 194 g/mol. The van der Waals surface area contributed by atoms with E-state index in [1.165, 1.54) is 0 Å². The van der Waals surface area contributed by atoms with Crippen molar-refractivity contribution < 1.29 is 4.79 Å². The van der Waals surface area contributed by atoms with Crippen molar-refractivity contribution in [3.8, 4) is 24.3 Å². The lowest BCUT2D eigenvalue weighted by molar-refractivity contribution is -0.116. The third kappa shape index (κ3) is 1.46. The first kappa shape index (κ1) is 10.2. The molecule has 1 rings (SSSR count). The predicted octanol–water partition coefficient (Wildman–Crippen LogP) is 0.503. The molecule has 0 aromatic rings. The summed E-state index contributed by atoms with van der Waals surface area (Å²) in [6.07, 6.45) is 1.04. The normalized spacial score (nSPS) is 19.3. The summed E-state index contributed by atoms with van der Waals surface area (Å²) in [5.41, 5.74) is -0.554. The highest BCUT2D eigenvalue weighted by Gasteiger charge is 2.32. The van der Waals surface area contributed by atoms with Crippen molar-refractivity contribution in [3.63, 3.8) is 0 Å². The van der Waals surface area contributed by atoms with Crippen LogP contribution < -0.4 is 0 Å². The van der Waals surface area contributed by atoms with Gasteiger partial charge in [-0.15, -0.1) is 0 Å². The topological polar surface area (TPSA) is 112 Å². The van der Waals surface area contributed by atoms with Crippen molar-refractivity contribution in [1.29, 1.82) is 21.0 Å². The van der Waals surface area contributed by atoms with E-state index in [9.17, 15) is 4.79 Å². The maximum atomic E-state index is 11.4. The largest absolute Gasteiger partial charge is 0.291 e. The zero-order valence-corrected chi connectivity index (χ0v) is 7.35. The second kappa shape index (κ2) is 3.88. The molecule has 0 N–H and O–H groups in total. The third-order valence-corrected chi connectivity index (χ3v) is 1.89. The van der Waals surface area contributed by atoms with E-state index in [1.54, 1.807) is 24.3 Å². The minimum atomic E-state index is -1.33. The molecule has 0 amide bonds. The van der Waals surface area contributed by atoms with E-state index >= 15 is 0 Å². The standard InChI is InChI=1S/C10H2N4O/c11-2-6-1-7(3-12)10(15)9(5-14)8(6)4-13/h1,9H. The van der Waals surface area contributed by atoms with Crippen molar-refractivity contribution >= 4 is 5.78 Å². The van der Waals surface area contributed by atoms with Gasteiger partial charge in [-0.25, -0.2) is 0 Å². The summed E-state index contributed by atoms with van der Waals surface area (Å²) in [6.45, 7) is 0. The molecule has 1 unspecified atom stereocenters. The Morgan fingerprint density at radius 1 is 1.07 bits per heavy atom. The predicted molar refractivity (Wildman–Crippen MR) is 46.1 cm³/mol. The van der Waals surface area contributed by atoms with Crippen LogP contribution in [0.1, 0.15) is 0 Å². The quantitative estimate of drug-likeness (QED) is 0.557. The van der Waals surface area contributed by atoms with Crippen LogP contribution in [-0.2, 0) is 4.79 Å². The van der Waals surface area contributed by atoms with Crippen LogP contribution in [0.2, 0.25) is 0 Å². The lowest BCUT2D eigenvalue weighted by atomic mass is 9.84. The fraction of sp³-hybridized carbons (Fsp3) is 0.100. The number of nitrogens with zero attached hydrogens (tertiary/aromatic N) is 4. The van der Waals surface area contributed by atoms with Gasteiger partial charge in [0.15, 0.2) is 5.78 Å². The molecule has 1 aliphatic carbocycles. The number of nitriles is 4. The van der Waals surface area contributed by atoms with Crippen LogP contribution in [0.25, 0.3) is 0 Å². The molecular formula is C10H2N4O. The molecule has 15 heavy (non-hydrogen) atoms. The minimum Gasteiger partial charge on any atom is -0.291 e. The van der Waals surface area contributed by atoms with Crippen LogP contribution >= 0.6 is 0 Å². The summed E-state index contributed by atoms with van der Waals surface area (Å²) in [6, 6.07) is 6.52. The number of allylic oxidation sites excluding steroid dienone is 4. The first-order valence-electron chi connectivity index (χ1n) is 3.79. The highest BCUT2D eigenvalue weighted by Crippen LogP contribution is 2.25. The van der Waals surface area contributed by atoms with Crippen molar-refractivity contribution in [3.05, 3.63) is 22.8 Å². The molecule has 0 aromatic heterocycles. The van der Waals surface area contributed by atoms with E-state index in [0.717, 1.165) is 6.08 Å². The van der Waals surface area contributed by atoms with Crippen LogP contribution in [0, 0.1) is 51.2 Å². The Morgan fingerprint density at radius 3 is 2.13 bits per heavy atom. The van der Waals surface area contributed by atoms with Gasteiger partial charge in [0.05, 0.1) is 28.9 Å². The number of Topliss-reactive ketones (excluding diaryl/α,β-unsaturated/α-hetero) is 1. The number of hydrogen-bond donors (Lipinski definition) is 0. The van der Waals surface area contributed by atoms with Crippen LogP contribution in [-0.4, -0.2) is 5.78 Å². The van der Waals surface area contributed by atoms with Gasteiger partial charge < -0.3 is 0 Å². The van der Waals surface area contributed by atoms with Gasteiger partial charge in [-0.05, 0) is 6.08 Å². The Hall–Kier alpha value is -2.89. The van der Waals surface area contributed by atoms with E-state index in [2.05, 4.69) is 0 Å². The number of carbonyl (C=O) groups is 1. The van der Waals surface area contributed by atoms with Crippen LogP contribution in [0.15, 0.2) is 22.8 Å². The Kier molecular flexibility index (Phi) is 2.64.